The fourth-order valence-electron chi connectivity index (χ4n) is 6.21. The molecular weight excluding hydrogens is 232 g/mol. The summed E-state index contributed by atoms with van der Waals surface area (Å²) in [6.45, 7) is 7.08. The van der Waals surface area contributed by atoms with Gasteiger partial charge < -0.3 is 5.11 Å². The second-order valence-corrected chi connectivity index (χ2v) is 8.97. The van der Waals surface area contributed by atoms with Gasteiger partial charge in [-0.2, -0.15) is 0 Å². The second-order valence-electron chi connectivity index (χ2n) is 8.97. The Morgan fingerprint density at radius 1 is 1.05 bits per heavy atom. The first-order valence-electron chi connectivity index (χ1n) is 8.59. The fourth-order valence-corrected chi connectivity index (χ4v) is 6.21. The Balaban J connectivity index is 1.66. The van der Waals surface area contributed by atoms with Gasteiger partial charge in [0.15, 0.2) is 0 Å². The van der Waals surface area contributed by atoms with Crippen molar-refractivity contribution in [2.24, 2.45) is 28.6 Å². The van der Waals surface area contributed by atoms with E-state index in [1.54, 1.807) is 0 Å². The third-order valence-corrected chi connectivity index (χ3v) is 6.36. The minimum absolute atomic E-state index is 0.0172. The molecule has 0 saturated heterocycles. The average molecular weight is 264 g/mol. The van der Waals surface area contributed by atoms with Gasteiger partial charge in [0.2, 0.25) is 0 Å². The van der Waals surface area contributed by atoms with Crippen molar-refractivity contribution in [3.05, 3.63) is 0 Å². The van der Waals surface area contributed by atoms with Gasteiger partial charge >= 0.3 is 0 Å². The summed E-state index contributed by atoms with van der Waals surface area (Å²) < 4.78 is 0. The molecule has 0 spiro atoms. The van der Waals surface area contributed by atoms with Gasteiger partial charge in [-0.25, -0.2) is 0 Å². The van der Waals surface area contributed by atoms with Crippen molar-refractivity contribution in [1.29, 1.82) is 0 Å². The molecule has 4 rings (SSSR count). The van der Waals surface area contributed by atoms with Crippen molar-refractivity contribution in [2.45, 2.75) is 84.7 Å². The average Bonchev–Trinajstić information content (AvgIpc) is 2.24. The van der Waals surface area contributed by atoms with Gasteiger partial charge in [0.25, 0.3) is 0 Å². The van der Waals surface area contributed by atoms with Crippen LogP contribution in [0.25, 0.3) is 0 Å². The van der Waals surface area contributed by atoms with Gasteiger partial charge in [0.05, 0.1) is 6.10 Å². The normalized spacial score (nSPS) is 45.9. The maximum atomic E-state index is 10.8. The van der Waals surface area contributed by atoms with Gasteiger partial charge in [0.1, 0.15) is 0 Å². The molecule has 0 aromatic carbocycles. The highest BCUT2D eigenvalue weighted by Gasteiger charge is 2.57. The highest BCUT2D eigenvalue weighted by Crippen LogP contribution is 2.66. The molecule has 0 aromatic rings. The highest BCUT2D eigenvalue weighted by atomic mass is 16.3. The summed E-state index contributed by atoms with van der Waals surface area (Å²) >= 11 is 0. The lowest BCUT2D eigenvalue weighted by Crippen LogP contribution is -2.55. The zero-order chi connectivity index (χ0) is 13.7. The summed E-state index contributed by atoms with van der Waals surface area (Å²) in [4.78, 5) is 0. The molecule has 1 N–H and O–H groups in total. The van der Waals surface area contributed by atoms with Crippen LogP contribution in [0.4, 0.5) is 0 Å². The van der Waals surface area contributed by atoms with Crippen LogP contribution >= 0.6 is 0 Å². The summed E-state index contributed by atoms with van der Waals surface area (Å²) in [6, 6.07) is 0. The van der Waals surface area contributed by atoms with Gasteiger partial charge in [-0.15, -0.1) is 0 Å². The Labute approximate surface area is 119 Å². The van der Waals surface area contributed by atoms with E-state index >= 15 is 0 Å². The Morgan fingerprint density at radius 2 is 1.68 bits per heavy atom. The molecule has 110 valence electrons. The predicted molar refractivity (Wildman–Crippen MR) is 79.9 cm³/mol. The largest absolute Gasteiger partial charge is 0.393 e. The third-order valence-electron chi connectivity index (χ3n) is 6.36. The van der Waals surface area contributed by atoms with E-state index in [-0.39, 0.29) is 6.10 Å². The summed E-state index contributed by atoms with van der Waals surface area (Å²) in [7, 11) is 0. The molecule has 4 fully saturated rings. The maximum Gasteiger partial charge on any atom is 0.0596 e. The molecule has 19 heavy (non-hydrogen) atoms. The van der Waals surface area contributed by atoms with Gasteiger partial charge in [-0.05, 0) is 73.5 Å². The van der Waals surface area contributed by atoms with Crippen LogP contribution in [0.3, 0.4) is 0 Å². The molecule has 3 atom stereocenters. The topological polar surface area (TPSA) is 20.2 Å². The van der Waals surface area contributed by atoms with Gasteiger partial charge in [-0.1, -0.05) is 33.6 Å². The highest BCUT2D eigenvalue weighted by molar-refractivity contribution is 5.08. The van der Waals surface area contributed by atoms with Gasteiger partial charge in [-0.3, -0.25) is 0 Å². The van der Waals surface area contributed by atoms with E-state index in [4.69, 9.17) is 0 Å². The van der Waals surface area contributed by atoms with E-state index in [2.05, 4.69) is 20.8 Å². The van der Waals surface area contributed by atoms with Crippen LogP contribution in [0.1, 0.15) is 78.6 Å². The zero-order valence-corrected chi connectivity index (χ0v) is 13.1. The van der Waals surface area contributed by atoms with E-state index in [0.717, 1.165) is 24.2 Å². The number of rotatable bonds is 5. The predicted octanol–water partition coefficient (Wildman–Crippen LogP) is 4.78. The lowest BCUT2D eigenvalue weighted by molar-refractivity contribution is -0.155. The van der Waals surface area contributed by atoms with Crippen molar-refractivity contribution in [1.82, 2.24) is 0 Å². The van der Waals surface area contributed by atoms with Crippen LogP contribution in [-0.4, -0.2) is 11.2 Å². The van der Waals surface area contributed by atoms with Crippen molar-refractivity contribution in [3.8, 4) is 0 Å². The Morgan fingerprint density at radius 3 is 2.21 bits per heavy atom. The fraction of sp³-hybridized carbons (Fsp3) is 1.00. The molecule has 0 aromatic heterocycles. The third kappa shape index (κ3) is 2.60. The summed E-state index contributed by atoms with van der Waals surface area (Å²) in [6.07, 6.45) is 11.9. The molecule has 3 unspecified atom stereocenters. The van der Waals surface area contributed by atoms with Crippen LogP contribution in [0.5, 0.6) is 0 Å². The molecule has 0 amide bonds. The maximum absolute atomic E-state index is 10.8. The van der Waals surface area contributed by atoms with E-state index in [0.29, 0.717) is 10.8 Å². The summed E-state index contributed by atoms with van der Waals surface area (Å²) in [5.41, 5.74) is 0.888. The zero-order valence-electron chi connectivity index (χ0n) is 13.1. The van der Waals surface area contributed by atoms with E-state index in [9.17, 15) is 5.11 Å². The van der Waals surface area contributed by atoms with Crippen LogP contribution in [0.2, 0.25) is 0 Å². The summed E-state index contributed by atoms with van der Waals surface area (Å²) in [5, 5.41) is 10.8. The number of hydrogen-bond donors (Lipinski definition) is 1. The SMILES string of the molecule is CC(C)CCCC(O)C12CC3CC(CC(C)(C3)C1)C2. The van der Waals surface area contributed by atoms with Crippen molar-refractivity contribution in [2.75, 3.05) is 0 Å². The molecule has 0 aliphatic heterocycles. The molecule has 4 bridgehead atoms. The molecule has 0 heterocycles. The molecule has 4 saturated carbocycles. The molecule has 1 heteroatoms. The first-order valence-corrected chi connectivity index (χ1v) is 8.59. The second kappa shape index (κ2) is 4.76. The minimum Gasteiger partial charge on any atom is -0.393 e. The van der Waals surface area contributed by atoms with Crippen LogP contribution < -0.4 is 0 Å². The monoisotopic (exact) mass is 264 g/mol. The van der Waals surface area contributed by atoms with E-state index in [1.165, 1.54) is 51.4 Å². The van der Waals surface area contributed by atoms with Crippen molar-refractivity contribution >= 4 is 0 Å². The molecule has 4 aliphatic rings. The quantitative estimate of drug-likeness (QED) is 0.757. The van der Waals surface area contributed by atoms with Crippen molar-refractivity contribution < 1.29 is 5.11 Å². The van der Waals surface area contributed by atoms with E-state index in [1.807, 2.05) is 0 Å². The standard InChI is InChI=1S/C18H32O/c1-13(2)5-4-6-16(19)18-10-14-7-15(11-18)9-17(3,8-14)12-18/h13-16,19H,4-12H2,1-3H3. The van der Waals surface area contributed by atoms with Crippen LogP contribution in [0, 0.1) is 28.6 Å². The lowest BCUT2D eigenvalue weighted by atomic mass is 9.43. The molecule has 0 radical (unpaired) electrons. The smallest absolute Gasteiger partial charge is 0.0596 e. The number of hydrogen-bond acceptors (Lipinski definition) is 1. The van der Waals surface area contributed by atoms with E-state index < -0.39 is 0 Å². The molecule has 1 nitrogen and oxygen atoms in total. The van der Waals surface area contributed by atoms with Crippen LogP contribution in [-0.2, 0) is 0 Å². The number of aliphatic hydroxyl groups is 1. The van der Waals surface area contributed by atoms with Gasteiger partial charge in [0, 0.05) is 0 Å². The minimum atomic E-state index is -0.0172. The first kappa shape index (κ1) is 13.9. The Kier molecular flexibility index (Phi) is 3.48. The lowest BCUT2D eigenvalue weighted by Gasteiger charge is -2.62. The number of aliphatic hydroxyl groups excluding tert-OH is 1. The Bertz CT molecular complexity index is 319. The summed E-state index contributed by atoms with van der Waals surface area (Å²) in [5.74, 6) is 2.65. The van der Waals surface area contributed by atoms with Crippen molar-refractivity contribution in [3.63, 3.8) is 0 Å². The van der Waals surface area contributed by atoms with Crippen LogP contribution in [0.15, 0.2) is 0 Å². The first-order chi connectivity index (χ1) is 8.91. The molecular formula is C18H32O. The molecule has 4 aliphatic carbocycles. The Hall–Kier alpha value is -0.0400.